The van der Waals surface area contributed by atoms with E-state index in [0.29, 0.717) is 5.56 Å². The van der Waals surface area contributed by atoms with Gasteiger partial charge in [0.2, 0.25) is 0 Å². The average Bonchev–Trinajstić information content (AvgIpc) is 2.42. The second kappa shape index (κ2) is 7.46. The third-order valence-electron chi connectivity index (χ3n) is 3.52. The maximum atomic E-state index is 13.8. The van der Waals surface area contributed by atoms with Gasteiger partial charge in [0.15, 0.2) is 0 Å². The Morgan fingerprint density at radius 1 is 1.42 bits per heavy atom. The molecule has 1 aromatic rings. The number of aliphatic hydroxyl groups excluding tert-OH is 1. The summed E-state index contributed by atoms with van der Waals surface area (Å²) in [6.07, 6.45) is 0.720. The summed E-state index contributed by atoms with van der Waals surface area (Å²) in [6, 6.07) is 3.61. The van der Waals surface area contributed by atoms with Gasteiger partial charge in [-0.05, 0) is 57.5 Å². The fourth-order valence-corrected chi connectivity index (χ4v) is 2.17. The first-order chi connectivity index (χ1) is 9.04. The van der Waals surface area contributed by atoms with Gasteiger partial charge in [0.05, 0.1) is 0 Å². The number of hydrogen-bond acceptors (Lipinski definition) is 3. The van der Waals surface area contributed by atoms with E-state index in [1.54, 1.807) is 13.0 Å². The van der Waals surface area contributed by atoms with Gasteiger partial charge in [0, 0.05) is 31.4 Å². The monoisotopic (exact) mass is 268 g/mol. The summed E-state index contributed by atoms with van der Waals surface area (Å²) in [5.41, 5.74) is 2.67. The zero-order valence-electron chi connectivity index (χ0n) is 12.3. The highest BCUT2D eigenvalue weighted by Crippen LogP contribution is 2.29. The Morgan fingerprint density at radius 2 is 2.11 bits per heavy atom. The van der Waals surface area contributed by atoms with Crippen LogP contribution in [0.25, 0.3) is 0 Å². The van der Waals surface area contributed by atoms with Crippen LogP contribution in [0.4, 0.5) is 10.1 Å². The third kappa shape index (κ3) is 3.91. The van der Waals surface area contributed by atoms with Crippen molar-refractivity contribution in [2.45, 2.75) is 33.2 Å². The molecule has 1 unspecified atom stereocenters. The van der Waals surface area contributed by atoms with Gasteiger partial charge in [0.1, 0.15) is 5.82 Å². The van der Waals surface area contributed by atoms with Crippen LogP contribution >= 0.6 is 0 Å². The molecular formula is C15H25FN2O. The van der Waals surface area contributed by atoms with Crippen LogP contribution in [0, 0.1) is 12.7 Å². The fraction of sp³-hybridized carbons (Fsp3) is 0.600. The van der Waals surface area contributed by atoms with Crippen LogP contribution in [0.3, 0.4) is 0 Å². The number of nitrogens with one attached hydrogen (secondary N) is 1. The highest BCUT2D eigenvalue weighted by molar-refractivity contribution is 5.57. The number of rotatable bonds is 7. The summed E-state index contributed by atoms with van der Waals surface area (Å²) in [7, 11) is 1.87. The molecule has 0 aliphatic rings. The van der Waals surface area contributed by atoms with Gasteiger partial charge in [-0.25, -0.2) is 4.39 Å². The lowest BCUT2D eigenvalue weighted by Crippen LogP contribution is -2.27. The third-order valence-corrected chi connectivity index (χ3v) is 3.52. The minimum atomic E-state index is -0.168. The predicted molar refractivity (Wildman–Crippen MR) is 78.2 cm³/mol. The minimum Gasteiger partial charge on any atom is -0.396 e. The van der Waals surface area contributed by atoms with Crippen molar-refractivity contribution in [1.82, 2.24) is 5.32 Å². The van der Waals surface area contributed by atoms with E-state index < -0.39 is 0 Å². The Hall–Kier alpha value is -1.13. The van der Waals surface area contributed by atoms with E-state index in [0.717, 1.165) is 30.8 Å². The van der Waals surface area contributed by atoms with E-state index in [4.69, 9.17) is 5.11 Å². The first kappa shape index (κ1) is 15.9. The van der Waals surface area contributed by atoms with Crippen molar-refractivity contribution in [3.05, 3.63) is 29.1 Å². The molecule has 0 spiro atoms. The Bertz CT molecular complexity index is 409. The largest absolute Gasteiger partial charge is 0.396 e. The van der Waals surface area contributed by atoms with Gasteiger partial charge in [-0.2, -0.15) is 0 Å². The van der Waals surface area contributed by atoms with Gasteiger partial charge in [-0.1, -0.05) is 0 Å². The van der Waals surface area contributed by atoms with Crippen LogP contribution < -0.4 is 10.2 Å². The summed E-state index contributed by atoms with van der Waals surface area (Å²) in [6.45, 7) is 7.67. The van der Waals surface area contributed by atoms with Crippen molar-refractivity contribution in [2.75, 3.05) is 31.6 Å². The molecular weight excluding hydrogens is 243 g/mol. The number of aliphatic hydroxyl groups is 1. The quantitative estimate of drug-likeness (QED) is 0.798. The molecule has 0 saturated carbocycles. The Morgan fingerprint density at radius 3 is 2.63 bits per heavy atom. The number of anilines is 1. The first-order valence-corrected chi connectivity index (χ1v) is 6.88. The second-order valence-electron chi connectivity index (χ2n) is 4.83. The van der Waals surface area contributed by atoms with E-state index >= 15 is 0 Å². The molecule has 1 aromatic carbocycles. The molecule has 0 aliphatic heterocycles. The van der Waals surface area contributed by atoms with Gasteiger partial charge >= 0.3 is 0 Å². The molecule has 0 aromatic heterocycles. The number of hydrogen-bond donors (Lipinski definition) is 2. The molecule has 1 atom stereocenters. The maximum absolute atomic E-state index is 13.8. The van der Waals surface area contributed by atoms with Crippen molar-refractivity contribution in [3.8, 4) is 0 Å². The zero-order valence-corrected chi connectivity index (χ0v) is 12.3. The molecule has 19 heavy (non-hydrogen) atoms. The van der Waals surface area contributed by atoms with Crippen LogP contribution in [0.1, 0.15) is 37.4 Å². The molecule has 0 saturated heterocycles. The average molecular weight is 268 g/mol. The highest BCUT2D eigenvalue weighted by Gasteiger charge is 2.16. The minimum absolute atomic E-state index is 0.0910. The van der Waals surface area contributed by atoms with Crippen molar-refractivity contribution in [1.29, 1.82) is 0 Å². The summed E-state index contributed by atoms with van der Waals surface area (Å²) in [5, 5.41) is 12.1. The first-order valence-electron chi connectivity index (χ1n) is 6.88. The summed E-state index contributed by atoms with van der Waals surface area (Å²) < 4.78 is 13.8. The van der Waals surface area contributed by atoms with E-state index in [9.17, 15) is 4.39 Å². The normalized spacial score (nSPS) is 12.5. The van der Waals surface area contributed by atoms with Gasteiger partial charge in [-0.3, -0.25) is 0 Å². The smallest absolute Gasteiger partial charge is 0.126 e. The number of nitrogens with zero attached hydrogens (tertiary/aromatic N) is 1. The lowest BCUT2D eigenvalue weighted by atomic mass is 10.0. The molecule has 0 aliphatic carbocycles. The van der Waals surface area contributed by atoms with Gasteiger partial charge in [-0.15, -0.1) is 0 Å². The highest BCUT2D eigenvalue weighted by atomic mass is 19.1. The van der Waals surface area contributed by atoms with E-state index in [2.05, 4.69) is 17.1 Å². The van der Waals surface area contributed by atoms with Crippen molar-refractivity contribution in [2.24, 2.45) is 0 Å². The van der Waals surface area contributed by atoms with Crippen molar-refractivity contribution in [3.63, 3.8) is 0 Å². The van der Waals surface area contributed by atoms with Gasteiger partial charge < -0.3 is 15.3 Å². The summed E-state index contributed by atoms with van der Waals surface area (Å²) in [5.74, 6) is -0.168. The SMILES string of the molecule is CCN(CCCO)c1cc(C)c(F)cc1C(C)NC. The Labute approximate surface area is 115 Å². The van der Waals surface area contributed by atoms with E-state index in [1.807, 2.05) is 20.0 Å². The molecule has 1 rings (SSSR count). The van der Waals surface area contributed by atoms with Crippen LogP contribution in [-0.2, 0) is 0 Å². The molecule has 108 valence electrons. The van der Waals surface area contributed by atoms with Crippen molar-refractivity contribution >= 4 is 5.69 Å². The molecule has 0 amide bonds. The molecule has 4 heteroatoms. The fourth-order valence-electron chi connectivity index (χ4n) is 2.17. The van der Waals surface area contributed by atoms with Crippen LogP contribution in [0.2, 0.25) is 0 Å². The van der Waals surface area contributed by atoms with E-state index in [1.165, 1.54) is 0 Å². The van der Waals surface area contributed by atoms with Crippen LogP contribution in [-0.4, -0.2) is 31.9 Å². The number of halogens is 1. The second-order valence-corrected chi connectivity index (χ2v) is 4.83. The summed E-state index contributed by atoms with van der Waals surface area (Å²) in [4.78, 5) is 2.19. The predicted octanol–water partition coefficient (Wildman–Crippen LogP) is 2.62. The Kier molecular flexibility index (Phi) is 6.25. The molecule has 0 bridgehead atoms. The molecule has 3 nitrogen and oxygen atoms in total. The van der Waals surface area contributed by atoms with Crippen molar-refractivity contribution < 1.29 is 9.50 Å². The standard InChI is InChI=1S/C15H25FN2O/c1-5-18(7-6-8-19)15-9-11(2)14(16)10-13(15)12(3)17-4/h9-10,12,17,19H,5-8H2,1-4H3. The van der Waals surface area contributed by atoms with E-state index in [-0.39, 0.29) is 18.5 Å². The number of aryl methyl sites for hydroxylation is 1. The van der Waals surface area contributed by atoms with Gasteiger partial charge in [0.25, 0.3) is 0 Å². The molecule has 0 radical (unpaired) electrons. The number of benzene rings is 1. The summed E-state index contributed by atoms with van der Waals surface area (Å²) >= 11 is 0. The lowest BCUT2D eigenvalue weighted by molar-refractivity contribution is 0.289. The molecule has 0 heterocycles. The van der Waals surface area contributed by atoms with Crippen LogP contribution in [0.5, 0.6) is 0 Å². The Balaban J connectivity index is 3.17. The maximum Gasteiger partial charge on any atom is 0.126 e. The zero-order chi connectivity index (χ0) is 14.4. The molecule has 2 N–H and O–H groups in total. The lowest BCUT2D eigenvalue weighted by Gasteiger charge is -2.28. The van der Waals surface area contributed by atoms with Crippen LogP contribution in [0.15, 0.2) is 12.1 Å². The molecule has 0 fully saturated rings. The topological polar surface area (TPSA) is 35.5 Å².